The number of carbonyl (C=O) groups is 4. The first-order chi connectivity index (χ1) is 36.9. The third-order valence-electron chi connectivity index (χ3n) is 14.0. The van der Waals surface area contributed by atoms with Gasteiger partial charge in [-0.2, -0.15) is 0 Å². The van der Waals surface area contributed by atoms with E-state index in [1.807, 2.05) is 48.5 Å². The summed E-state index contributed by atoms with van der Waals surface area (Å²) < 4.78 is 0. The first-order valence-electron chi connectivity index (χ1n) is 30.2. The van der Waals surface area contributed by atoms with Crippen molar-refractivity contribution in [1.29, 1.82) is 0 Å². The van der Waals surface area contributed by atoms with Crippen LogP contribution in [-0.4, -0.2) is 51.2 Å². The molecule has 0 bridgehead atoms. The molecule has 0 saturated carbocycles. The van der Waals surface area contributed by atoms with Crippen molar-refractivity contribution in [1.82, 2.24) is 0 Å². The van der Waals surface area contributed by atoms with E-state index in [9.17, 15) is 39.6 Å². The second-order valence-electron chi connectivity index (χ2n) is 20.8. The van der Waals surface area contributed by atoms with Crippen molar-refractivity contribution in [2.75, 3.05) is 0 Å². The average molecular weight is 1250 g/mol. The molecule has 0 heterocycles. The number of unbranched alkanes of at least 4 members (excludes halogenated alkanes) is 28. The Morgan fingerprint density at radius 3 is 0.494 bits per heavy atom. The van der Waals surface area contributed by atoms with Crippen LogP contribution in [0.4, 0.5) is 0 Å². The fourth-order valence-corrected chi connectivity index (χ4v) is 9.08. The molecule has 0 spiro atoms. The van der Waals surface area contributed by atoms with Gasteiger partial charge in [-0.3, -0.25) is 0 Å². The van der Waals surface area contributed by atoms with Gasteiger partial charge in [0.25, 0.3) is 0 Å². The van der Waals surface area contributed by atoms with Crippen molar-refractivity contribution >= 4 is 51.2 Å². The monoisotopic (exact) mass is 1250 g/mol. The van der Waals surface area contributed by atoms with E-state index >= 15 is 0 Å². The van der Waals surface area contributed by atoms with Crippen molar-refractivity contribution in [3.05, 3.63) is 142 Å². The molecule has 4 aromatic carbocycles. The molecule has 0 N–H and O–H groups in total. The molecule has 0 saturated heterocycles. The minimum atomic E-state index is -1.10. The van der Waals surface area contributed by atoms with Crippen molar-refractivity contribution in [2.45, 2.75) is 259 Å². The molecule has 4 rings (SSSR count). The Morgan fingerprint density at radius 2 is 0.364 bits per heavy atom. The second kappa shape index (κ2) is 51.1. The van der Waals surface area contributed by atoms with Gasteiger partial charge in [0.15, 0.2) is 0 Å². The summed E-state index contributed by atoms with van der Waals surface area (Å²) in [5.74, 6) is -4.39. The predicted molar refractivity (Wildman–Crippen MR) is 314 cm³/mol. The van der Waals surface area contributed by atoms with Gasteiger partial charge in [0, 0.05) is 27.3 Å². The molecule has 4 aromatic rings. The van der Waals surface area contributed by atoms with Crippen LogP contribution < -0.4 is 20.4 Å². The number of hydrogen-bond acceptors (Lipinski definition) is 8. The van der Waals surface area contributed by atoms with E-state index in [0.29, 0.717) is 0 Å². The molecule has 0 aliphatic carbocycles. The Bertz CT molecular complexity index is 1720. The molecular weight excluding hydrogens is 1150 g/mol. The fraction of sp³-hybridized carbons (Fsp3) is 0.588. The molecule has 0 aliphatic rings. The topological polar surface area (TPSA) is 161 Å². The molecule has 8 nitrogen and oxygen atoms in total. The molecule has 0 atom stereocenters. The van der Waals surface area contributed by atoms with E-state index in [4.69, 9.17) is 0 Å². The molecule has 0 unspecified atom stereocenters. The maximum Gasteiger partial charge on any atom is 0.0715 e. The van der Waals surface area contributed by atoms with Gasteiger partial charge in [0.2, 0.25) is 0 Å². The molecular formula is C68H100O8Pb-4. The Hall–Kier alpha value is -4.32. The number of rotatable bonds is 40. The van der Waals surface area contributed by atoms with Crippen LogP contribution in [-0.2, 0) is 25.7 Å². The third kappa shape index (κ3) is 41.4. The first kappa shape index (κ1) is 72.7. The second-order valence-corrected chi connectivity index (χ2v) is 20.8. The number of carbonyl (C=O) groups excluding carboxylic acids is 4. The van der Waals surface area contributed by atoms with Crippen LogP contribution in [0.1, 0.15) is 297 Å². The normalized spacial score (nSPS) is 10.4. The van der Waals surface area contributed by atoms with Gasteiger partial charge in [-0.1, -0.05) is 305 Å². The minimum absolute atomic E-state index is 0. The van der Waals surface area contributed by atoms with Gasteiger partial charge >= 0.3 is 0 Å². The molecule has 4 radical (unpaired) electrons. The van der Waals surface area contributed by atoms with E-state index in [2.05, 4.69) is 27.7 Å². The van der Waals surface area contributed by atoms with E-state index in [-0.39, 0.29) is 49.6 Å². The van der Waals surface area contributed by atoms with Gasteiger partial charge < -0.3 is 39.6 Å². The van der Waals surface area contributed by atoms with Crippen LogP contribution in [0.15, 0.2) is 97.1 Å². The molecule has 0 aliphatic heterocycles. The number of benzene rings is 4. The molecule has 9 heteroatoms. The van der Waals surface area contributed by atoms with E-state index in [1.165, 1.54) is 228 Å². The molecule has 0 aromatic heterocycles. The number of hydrogen-bond donors (Lipinski definition) is 0. The quantitative estimate of drug-likeness (QED) is 0.0314. The average Bonchev–Trinajstić information content (AvgIpc) is 3.42. The number of carboxylic acid groups (broad SMARTS) is 4. The van der Waals surface area contributed by atoms with E-state index in [0.717, 1.165) is 25.7 Å². The first-order valence-corrected chi connectivity index (χ1v) is 30.2. The standard InChI is InChI=1S/4C17H26O2.Pb/c4*1-2-3-4-5-6-7-8-9-10-15-11-13-16(14-12-15)17(18)19;/h4*11-14H,2-10H2,1H3,(H,18,19);/p-4. The van der Waals surface area contributed by atoms with Crippen molar-refractivity contribution in [2.24, 2.45) is 0 Å². The summed E-state index contributed by atoms with van der Waals surface area (Å²) in [6.07, 6.45) is 46.4. The minimum Gasteiger partial charge on any atom is -0.545 e. The number of aryl methyl sites for hydroxylation is 4. The summed E-state index contributed by atoms with van der Waals surface area (Å²) >= 11 is 0. The van der Waals surface area contributed by atoms with Crippen molar-refractivity contribution < 1.29 is 39.6 Å². The van der Waals surface area contributed by atoms with Gasteiger partial charge in [-0.25, -0.2) is 0 Å². The fourth-order valence-electron chi connectivity index (χ4n) is 9.08. The number of aromatic carboxylic acids is 4. The van der Waals surface area contributed by atoms with Crippen LogP contribution in [0, 0.1) is 0 Å². The van der Waals surface area contributed by atoms with Crippen molar-refractivity contribution in [3.8, 4) is 0 Å². The van der Waals surface area contributed by atoms with E-state index < -0.39 is 23.9 Å². The SMILES string of the molecule is CCCCCCCCCCc1ccc(C(=O)[O-])cc1.CCCCCCCCCCc1ccc(C(=O)[O-])cc1.CCCCCCCCCCc1ccc(C(=O)[O-])cc1.CCCCCCCCCCc1ccc(C(=O)[O-])cc1.[Pb]. The largest absolute Gasteiger partial charge is 0.545 e. The van der Waals surface area contributed by atoms with Crippen LogP contribution in [0.3, 0.4) is 0 Å². The Morgan fingerprint density at radius 1 is 0.234 bits per heavy atom. The summed E-state index contributed by atoms with van der Waals surface area (Å²) in [5, 5.41) is 42.4. The molecule has 428 valence electrons. The maximum atomic E-state index is 10.6. The Kier molecular flexibility index (Phi) is 48.3. The summed E-state index contributed by atoms with van der Waals surface area (Å²) in [7, 11) is 0. The zero-order valence-corrected chi connectivity index (χ0v) is 52.3. The van der Waals surface area contributed by atoms with Crippen LogP contribution >= 0.6 is 0 Å². The van der Waals surface area contributed by atoms with E-state index in [1.54, 1.807) is 48.5 Å². The van der Waals surface area contributed by atoms with Gasteiger partial charge in [-0.05, 0) is 95.9 Å². The summed E-state index contributed by atoms with van der Waals surface area (Å²) in [4.78, 5) is 42.4. The van der Waals surface area contributed by atoms with Gasteiger partial charge in [0.05, 0.1) is 23.9 Å². The van der Waals surface area contributed by atoms with Gasteiger partial charge in [0.1, 0.15) is 0 Å². The molecule has 0 amide bonds. The molecule has 77 heavy (non-hydrogen) atoms. The summed E-state index contributed by atoms with van der Waals surface area (Å²) in [6.45, 7) is 8.97. The maximum absolute atomic E-state index is 10.6. The summed E-state index contributed by atoms with van der Waals surface area (Å²) in [5.41, 5.74) is 5.93. The Balaban J connectivity index is 0.000000996. The predicted octanol–water partition coefficient (Wildman–Crippen LogP) is 14.6. The third-order valence-corrected chi connectivity index (χ3v) is 14.0. The Labute approximate surface area is 488 Å². The van der Waals surface area contributed by atoms with Crippen LogP contribution in [0.25, 0.3) is 0 Å². The zero-order valence-electron chi connectivity index (χ0n) is 48.5. The summed E-state index contributed by atoms with van der Waals surface area (Å²) in [6, 6.07) is 28.2. The molecule has 0 fully saturated rings. The number of carboxylic acids is 4. The smallest absolute Gasteiger partial charge is 0.0715 e. The van der Waals surface area contributed by atoms with Crippen molar-refractivity contribution in [3.63, 3.8) is 0 Å². The van der Waals surface area contributed by atoms with Crippen LogP contribution in [0.2, 0.25) is 0 Å². The van der Waals surface area contributed by atoms with Crippen LogP contribution in [0.5, 0.6) is 0 Å². The van der Waals surface area contributed by atoms with Gasteiger partial charge in [-0.15, -0.1) is 0 Å². The zero-order chi connectivity index (χ0) is 55.7.